The molecule has 1 amide bonds. The molecule has 0 spiro atoms. The Morgan fingerprint density at radius 3 is 2.68 bits per heavy atom. The Morgan fingerprint density at radius 1 is 1.23 bits per heavy atom. The normalized spacial score (nSPS) is 18.5. The number of benzene rings is 1. The first kappa shape index (κ1) is 14.8. The molecule has 22 heavy (non-hydrogen) atoms. The predicted octanol–water partition coefficient (Wildman–Crippen LogP) is 2.68. The van der Waals surface area contributed by atoms with Gasteiger partial charge in [0.25, 0.3) is 5.91 Å². The fraction of sp³-hybridized carbons (Fsp3) is 0.471. The number of rotatable bonds is 2. The molecule has 0 aliphatic carbocycles. The molecule has 116 valence electrons. The second-order valence-corrected chi connectivity index (χ2v) is 6.01. The van der Waals surface area contributed by atoms with Crippen LogP contribution in [0.4, 0.5) is 0 Å². The molecule has 1 aliphatic heterocycles. The summed E-state index contributed by atoms with van der Waals surface area (Å²) in [4.78, 5) is 19.1. The second kappa shape index (κ2) is 5.91. The lowest BCUT2D eigenvalue weighted by atomic mass is 10.0. The van der Waals surface area contributed by atoms with Gasteiger partial charge in [-0.3, -0.25) is 4.79 Å². The van der Waals surface area contributed by atoms with Crippen molar-refractivity contribution >= 4 is 5.91 Å². The number of hydrogen-bond acceptors (Lipinski definition) is 3. The number of amides is 1. The Morgan fingerprint density at radius 2 is 2.00 bits per heavy atom. The Balaban J connectivity index is 1.80. The topological polar surface area (TPSA) is 51.0 Å². The zero-order valence-electron chi connectivity index (χ0n) is 13.4. The van der Waals surface area contributed by atoms with E-state index in [4.69, 9.17) is 0 Å². The third-order valence-electron chi connectivity index (χ3n) is 4.31. The average Bonchev–Trinajstić information content (AvgIpc) is 2.86. The van der Waals surface area contributed by atoms with E-state index in [0.29, 0.717) is 6.54 Å². The van der Waals surface area contributed by atoms with E-state index >= 15 is 0 Å². The molecule has 0 bridgehead atoms. The van der Waals surface area contributed by atoms with E-state index in [1.54, 1.807) is 0 Å². The predicted molar refractivity (Wildman–Crippen MR) is 84.8 cm³/mol. The number of aromatic nitrogens is 3. The summed E-state index contributed by atoms with van der Waals surface area (Å²) in [6.45, 7) is 7.39. The lowest BCUT2D eigenvalue weighted by Gasteiger charge is -2.33. The average molecular weight is 298 g/mol. The van der Waals surface area contributed by atoms with Crippen LogP contribution in [0.2, 0.25) is 0 Å². The van der Waals surface area contributed by atoms with E-state index in [1.165, 1.54) is 0 Å². The summed E-state index contributed by atoms with van der Waals surface area (Å²) in [6, 6.07) is 8.01. The van der Waals surface area contributed by atoms with Crippen LogP contribution < -0.4 is 0 Å². The molecule has 0 N–H and O–H groups in total. The number of piperidine rings is 1. The quantitative estimate of drug-likeness (QED) is 0.856. The minimum Gasteiger partial charge on any atom is -0.336 e. The number of aryl methyl sites for hydroxylation is 3. The first-order valence-electron chi connectivity index (χ1n) is 7.81. The van der Waals surface area contributed by atoms with Crippen LogP contribution in [0, 0.1) is 20.8 Å². The van der Waals surface area contributed by atoms with Crippen molar-refractivity contribution in [3.8, 4) is 0 Å². The molecule has 5 heteroatoms. The van der Waals surface area contributed by atoms with Gasteiger partial charge in [-0.25, -0.2) is 9.67 Å². The van der Waals surface area contributed by atoms with Crippen LogP contribution in [0.15, 0.2) is 24.3 Å². The van der Waals surface area contributed by atoms with Crippen molar-refractivity contribution < 1.29 is 4.79 Å². The van der Waals surface area contributed by atoms with E-state index in [1.807, 2.05) is 54.6 Å². The molecular weight excluding hydrogens is 276 g/mol. The van der Waals surface area contributed by atoms with Crippen LogP contribution in [0.25, 0.3) is 0 Å². The molecule has 1 saturated heterocycles. The van der Waals surface area contributed by atoms with E-state index in [2.05, 4.69) is 10.1 Å². The molecule has 2 aromatic rings. The summed E-state index contributed by atoms with van der Waals surface area (Å²) in [6.07, 6.45) is 2.04. The maximum Gasteiger partial charge on any atom is 0.254 e. The van der Waals surface area contributed by atoms with Gasteiger partial charge in [0.05, 0.1) is 6.04 Å². The fourth-order valence-electron chi connectivity index (χ4n) is 3.20. The molecule has 1 fully saturated rings. The summed E-state index contributed by atoms with van der Waals surface area (Å²) < 4.78 is 1.98. The van der Waals surface area contributed by atoms with Crippen molar-refractivity contribution in [3.63, 3.8) is 0 Å². The Hall–Kier alpha value is -2.17. The molecule has 5 nitrogen and oxygen atoms in total. The summed E-state index contributed by atoms with van der Waals surface area (Å²) in [5.74, 6) is 1.84. The van der Waals surface area contributed by atoms with E-state index in [9.17, 15) is 4.79 Å². The number of nitrogens with zero attached hydrogens (tertiary/aromatic N) is 4. The third kappa shape index (κ3) is 2.75. The van der Waals surface area contributed by atoms with Gasteiger partial charge in [0.15, 0.2) is 0 Å². The van der Waals surface area contributed by atoms with Gasteiger partial charge in [0.1, 0.15) is 11.6 Å². The Bertz CT molecular complexity index is 692. The monoisotopic (exact) mass is 298 g/mol. The van der Waals surface area contributed by atoms with Gasteiger partial charge in [-0.2, -0.15) is 5.10 Å². The minimum atomic E-state index is 0.122. The van der Waals surface area contributed by atoms with Gasteiger partial charge in [-0.1, -0.05) is 18.2 Å². The molecule has 0 radical (unpaired) electrons. The van der Waals surface area contributed by atoms with Crippen molar-refractivity contribution in [3.05, 3.63) is 47.0 Å². The highest BCUT2D eigenvalue weighted by atomic mass is 16.2. The highest BCUT2D eigenvalue weighted by molar-refractivity contribution is 5.95. The lowest BCUT2D eigenvalue weighted by molar-refractivity contribution is 0.0670. The molecular formula is C17H22N4O. The zero-order valence-corrected chi connectivity index (χ0v) is 13.4. The first-order chi connectivity index (χ1) is 10.6. The van der Waals surface area contributed by atoms with Gasteiger partial charge in [-0.05, 0) is 45.2 Å². The van der Waals surface area contributed by atoms with Crippen molar-refractivity contribution in [2.24, 2.45) is 0 Å². The largest absolute Gasteiger partial charge is 0.336 e. The van der Waals surface area contributed by atoms with Crippen LogP contribution in [-0.4, -0.2) is 38.7 Å². The van der Waals surface area contributed by atoms with Gasteiger partial charge in [-0.15, -0.1) is 0 Å². The standard InChI is InChI=1S/C17H22N4O/c1-12-7-4-5-9-16(12)17(22)20-10-6-8-15(11-20)21-14(3)18-13(2)19-21/h4-5,7,9,15H,6,8,10-11H2,1-3H3. The number of carbonyl (C=O) groups is 1. The van der Waals surface area contributed by atoms with Crippen LogP contribution in [0.1, 0.15) is 46.5 Å². The Kier molecular flexibility index (Phi) is 3.96. The highest BCUT2D eigenvalue weighted by Crippen LogP contribution is 2.24. The Labute approximate surface area is 131 Å². The van der Waals surface area contributed by atoms with Crippen LogP contribution in [0.5, 0.6) is 0 Å². The summed E-state index contributed by atoms with van der Waals surface area (Å²) >= 11 is 0. The third-order valence-corrected chi connectivity index (χ3v) is 4.31. The molecule has 1 aromatic heterocycles. The van der Waals surface area contributed by atoms with Crippen molar-refractivity contribution in [1.82, 2.24) is 19.7 Å². The SMILES string of the molecule is Cc1nc(C)n(C2CCCN(C(=O)c3ccccc3C)C2)n1. The van der Waals surface area contributed by atoms with E-state index < -0.39 is 0 Å². The first-order valence-corrected chi connectivity index (χ1v) is 7.81. The van der Waals surface area contributed by atoms with Gasteiger partial charge in [0, 0.05) is 18.7 Å². The summed E-state index contributed by atoms with van der Waals surface area (Å²) in [5.41, 5.74) is 1.83. The minimum absolute atomic E-state index is 0.122. The van der Waals surface area contributed by atoms with Gasteiger partial charge < -0.3 is 4.90 Å². The van der Waals surface area contributed by atoms with Crippen LogP contribution in [-0.2, 0) is 0 Å². The smallest absolute Gasteiger partial charge is 0.254 e. The molecule has 1 unspecified atom stereocenters. The lowest BCUT2D eigenvalue weighted by Crippen LogP contribution is -2.41. The number of hydrogen-bond donors (Lipinski definition) is 0. The number of carbonyl (C=O) groups excluding carboxylic acids is 1. The van der Waals surface area contributed by atoms with Crippen LogP contribution in [0.3, 0.4) is 0 Å². The highest BCUT2D eigenvalue weighted by Gasteiger charge is 2.27. The van der Waals surface area contributed by atoms with Crippen LogP contribution >= 0.6 is 0 Å². The van der Waals surface area contributed by atoms with Gasteiger partial charge >= 0.3 is 0 Å². The molecule has 2 heterocycles. The zero-order chi connectivity index (χ0) is 15.7. The summed E-state index contributed by atoms with van der Waals surface area (Å²) in [5, 5.41) is 4.49. The molecule has 0 saturated carbocycles. The fourth-order valence-corrected chi connectivity index (χ4v) is 3.20. The van der Waals surface area contributed by atoms with Crippen molar-refractivity contribution in [2.45, 2.75) is 39.7 Å². The molecule has 1 atom stereocenters. The summed E-state index contributed by atoms with van der Waals surface area (Å²) in [7, 11) is 0. The molecule has 3 rings (SSSR count). The van der Waals surface area contributed by atoms with E-state index in [0.717, 1.165) is 42.2 Å². The van der Waals surface area contributed by atoms with Crippen molar-refractivity contribution in [2.75, 3.05) is 13.1 Å². The van der Waals surface area contributed by atoms with E-state index in [-0.39, 0.29) is 11.9 Å². The maximum atomic E-state index is 12.8. The maximum absolute atomic E-state index is 12.8. The second-order valence-electron chi connectivity index (χ2n) is 6.01. The molecule has 1 aliphatic rings. The van der Waals surface area contributed by atoms with Crippen molar-refractivity contribution in [1.29, 1.82) is 0 Å². The number of likely N-dealkylation sites (tertiary alicyclic amines) is 1. The molecule has 1 aromatic carbocycles. The van der Waals surface area contributed by atoms with Gasteiger partial charge in [0.2, 0.25) is 0 Å².